The van der Waals surface area contributed by atoms with Crippen LogP contribution in [-0.4, -0.2) is 66.6 Å². The van der Waals surface area contributed by atoms with Crippen LogP contribution in [0.3, 0.4) is 0 Å². The summed E-state index contributed by atoms with van der Waals surface area (Å²) >= 11 is 6.32. The van der Waals surface area contributed by atoms with Crippen LogP contribution in [0.15, 0.2) is 41.3 Å². The summed E-state index contributed by atoms with van der Waals surface area (Å²) in [6.07, 6.45) is 2.50. The molecule has 2 atom stereocenters. The number of halogens is 1. The van der Waals surface area contributed by atoms with Gasteiger partial charge in [-0.1, -0.05) is 29.8 Å². The second-order valence-corrected chi connectivity index (χ2v) is 10.3. The predicted molar refractivity (Wildman–Crippen MR) is 126 cm³/mol. The number of rotatable bonds is 7. The van der Waals surface area contributed by atoms with Crippen LogP contribution in [0.4, 0.5) is 11.4 Å². The fourth-order valence-electron chi connectivity index (χ4n) is 4.10. The number of anilines is 2. The summed E-state index contributed by atoms with van der Waals surface area (Å²) < 4.78 is 36.0. The van der Waals surface area contributed by atoms with Crippen LogP contribution in [0.25, 0.3) is 0 Å². The average Bonchev–Trinajstić information content (AvgIpc) is 2.81. The van der Waals surface area contributed by atoms with Crippen molar-refractivity contribution in [2.75, 3.05) is 42.9 Å². The molecule has 33 heavy (non-hydrogen) atoms. The first-order valence-electron chi connectivity index (χ1n) is 10.9. The molecule has 3 N–H and O–H groups in total. The molecule has 10 nitrogen and oxygen atoms in total. The third-order valence-corrected chi connectivity index (χ3v) is 7.97. The summed E-state index contributed by atoms with van der Waals surface area (Å²) in [6, 6.07) is 8.46. The predicted octanol–water partition coefficient (Wildman–Crippen LogP) is 1.70. The molecule has 3 heterocycles. The van der Waals surface area contributed by atoms with Crippen molar-refractivity contribution < 1.29 is 18.3 Å². The van der Waals surface area contributed by atoms with Gasteiger partial charge in [0.2, 0.25) is 0 Å². The maximum atomic E-state index is 12.8. The number of nitrogens with zero attached hydrogens (tertiary/aromatic N) is 3. The standard InChI is InChI=1S/C21H28ClN5O5S/c22-20-18(23-12-15-14-32-11-8-19(15)28)13-24-27(21(20)29)17-6-9-26(10-7-17)33(30,31)25-16-4-2-1-3-5-16/h1-5,13,15,17,19,23,25,28H,6-12,14H2/t15-,19+/m0/s1. The first kappa shape index (κ1) is 24.0. The number of benzene rings is 1. The summed E-state index contributed by atoms with van der Waals surface area (Å²) in [7, 11) is -3.68. The Kier molecular flexibility index (Phi) is 7.55. The normalized spacial score (nSPS) is 22.7. The van der Waals surface area contributed by atoms with Crippen molar-refractivity contribution in [3.63, 3.8) is 0 Å². The van der Waals surface area contributed by atoms with Gasteiger partial charge in [-0.3, -0.25) is 9.52 Å². The molecular weight excluding hydrogens is 470 g/mol. The molecule has 2 saturated heterocycles. The zero-order valence-electron chi connectivity index (χ0n) is 18.1. The smallest absolute Gasteiger partial charge is 0.301 e. The van der Waals surface area contributed by atoms with Gasteiger partial charge in [0.15, 0.2) is 0 Å². The van der Waals surface area contributed by atoms with Gasteiger partial charge in [-0.2, -0.15) is 17.8 Å². The Labute approximate surface area is 197 Å². The molecule has 0 bridgehead atoms. The molecule has 0 aliphatic carbocycles. The molecule has 1 aromatic heterocycles. The number of ether oxygens (including phenoxy) is 1. The number of aliphatic hydroxyl groups is 1. The lowest BCUT2D eigenvalue weighted by molar-refractivity contribution is -0.0302. The van der Waals surface area contributed by atoms with Crippen molar-refractivity contribution >= 4 is 33.2 Å². The van der Waals surface area contributed by atoms with E-state index in [1.807, 2.05) is 6.07 Å². The Morgan fingerprint density at radius 3 is 2.61 bits per heavy atom. The monoisotopic (exact) mass is 497 g/mol. The van der Waals surface area contributed by atoms with E-state index in [4.69, 9.17) is 16.3 Å². The molecule has 2 fully saturated rings. The Morgan fingerprint density at radius 2 is 1.91 bits per heavy atom. The number of hydrogen-bond donors (Lipinski definition) is 3. The molecule has 0 unspecified atom stereocenters. The fourth-order valence-corrected chi connectivity index (χ4v) is 5.55. The van der Waals surface area contributed by atoms with Gasteiger partial charge in [0.05, 0.1) is 30.6 Å². The van der Waals surface area contributed by atoms with Gasteiger partial charge in [0, 0.05) is 37.8 Å². The summed E-state index contributed by atoms with van der Waals surface area (Å²) in [5, 5.41) is 17.5. The Balaban J connectivity index is 1.37. The van der Waals surface area contributed by atoms with Crippen molar-refractivity contribution in [1.29, 1.82) is 0 Å². The summed E-state index contributed by atoms with van der Waals surface area (Å²) in [5.41, 5.74) is 0.480. The minimum Gasteiger partial charge on any atom is -0.393 e. The number of nitrogens with one attached hydrogen (secondary N) is 2. The van der Waals surface area contributed by atoms with Crippen molar-refractivity contribution in [3.8, 4) is 0 Å². The van der Waals surface area contributed by atoms with Crippen LogP contribution in [0.5, 0.6) is 0 Å². The van der Waals surface area contributed by atoms with E-state index in [2.05, 4.69) is 15.1 Å². The Hall–Kier alpha value is -2.18. The van der Waals surface area contributed by atoms with Gasteiger partial charge in [0.25, 0.3) is 5.56 Å². The molecule has 2 aliphatic heterocycles. The highest BCUT2D eigenvalue weighted by Gasteiger charge is 2.30. The third-order valence-electron chi connectivity index (χ3n) is 6.06. The minimum atomic E-state index is -3.68. The van der Waals surface area contributed by atoms with Gasteiger partial charge in [-0.05, 0) is 31.4 Å². The first-order chi connectivity index (χ1) is 15.8. The average molecular weight is 498 g/mol. The van der Waals surface area contributed by atoms with Gasteiger partial charge in [0.1, 0.15) is 5.02 Å². The van der Waals surface area contributed by atoms with Crippen molar-refractivity contribution in [1.82, 2.24) is 14.1 Å². The van der Waals surface area contributed by atoms with Crippen LogP contribution in [0, 0.1) is 5.92 Å². The van der Waals surface area contributed by atoms with Crippen molar-refractivity contribution in [2.45, 2.75) is 31.4 Å². The van der Waals surface area contributed by atoms with Crippen LogP contribution in [-0.2, 0) is 14.9 Å². The molecule has 0 amide bonds. The largest absolute Gasteiger partial charge is 0.393 e. The minimum absolute atomic E-state index is 0.0250. The molecule has 1 aromatic carbocycles. The summed E-state index contributed by atoms with van der Waals surface area (Å²) in [5.74, 6) is -0.0898. The van der Waals surface area contributed by atoms with E-state index in [9.17, 15) is 18.3 Å². The van der Waals surface area contributed by atoms with E-state index >= 15 is 0 Å². The molecule has 2 aromatic rings. The van der Waals surface area contributed by atoms with Crippen LogP contribution in [0.2, 0.25) is 5.02 Å². The maximum absolute atomic E-state index is 12.8. The number of hydrogen-bond acceptors (Lipinski definition) is 7. The highest BCUT2D eigenvalue weighted by atomic mass is 35.5. The number of aliphatic hydroxyl groups excluding tert-OH is 1. The molecule has 2 aliphatic rings. The lowest BCUT2D eigenvalue weighted by Crippen LogP contribution is -2.43. The van der Waals surface area contributed by atoms with E-state index in [1.165, 1.54) is 15.2 Å². The highest BCUT2D eigenvalue weighted by molar-refractivity contribution is 7.90. The zero-order valence-corrected chi connectivity index (χ0v) is 19.6. The third kappa shape index (κ3) is 5.67. The number of para-hydroxylation sites is 1. The highest BCUT2D eigenvalue weighted by Crippen LogP contribution is 2.25. The van der Waals surface area contributed by atoms with Gasteiger partial charge < -0.3 is 15.2 Å². The first-order valence-corrected chi connectivity index (χ1v) is 12.8. The van der Waals surface area contributed by atoms with E-state index < -0.39 is 21.9 Å². The molecule has 0 saturated carbocycles. The van der Waals surface area contributed by atoms with Gasteiger partial charge in [-0.25, -0.2) is 4.68 Å². The second-order valence-electron chi connectivity index (χ2n) is 8.30. The van der Waals surface area contributed by atoms with Crippen LogP contribution >= 0.6 is 11.6 Å². The lowest BCUT2D eigenvalue weighted by Gasteiger charge is -2.31. The summed E-state index contributed by atoms with van der Waals surface area (Å²) in [4.78, 5) is 12.8. The summed E-state index contributed by atoms with van der Waals surface area (Å²) in [6.45, 7) is 1.92. The fraction of sp³-hybridized carbons (Fsp3) is 0.524. The van der Waals surface area contributed by atoms with Crippen LogP contribution < -0.4 is 15.6 Å². The Morgan fingerprint density at radius 1 is 1.18 bits per heavy atom. The van der Waals surface area contributed by atoms with E-state index in [-0.39, 0.29) is 30.1 Å². The molecule has 0 radical (unpaired) electrons. The van der Waals surface area contributed by atoms with Crippen molar-refractivity contribution in [3.05, 3.63) is 51.9 Å². The SMILES string of the molecule is O=c1c(Cl)c(NC[C@H]2COCC[C@H]2O)cnn1C1CCN(S(=O)(=O)Nc2ccccc2)CC1. The van der Waals surface area contributed by atoms with Crippen LogP contribution in [0.1, 0.15) is 25.3 Å². The number of aromatic nitrogens is 2. The van der Waals surface area contributed by atoms with Gasteiger partial charge >= 0.3 is 10.2 Å². The zero-order chi connectivity index (χ0) is 23.4. The lowest BCUT2D eigenvalue weighted by atomic mass is 9.99. The quantitative estimate of drug-likeness (QED) is 0.531. The van der Waals surface area contributed by atoms with Crippen molar-refractivity contribution in [2.24, 2.45) is 5.92 Å². The maximum Gasteiger partial charge on any atom is 0.301 e. The molecular formula is C21H28ClN5O5S. The molecule has 180 valence electrons. The Bertz CT molecular complexity index is 1110. The van der Waals surface area contributed by atoms with E-state index in [0.717, 1.165) is 0 Å². The molecule has 0 spiro atoms. The molecule has 12 heteroatoms. The van der Waals surface area contributed by atoms with Gasteiger partial charge in [-0.15, -0.1) is 0 Å². The van der Waals surface area contributed by atoms with E-state index in [1.54, 1.807) is 24.3 Å². The molecule has 4 rings (SSSR count). The van der Waals surface area contributed by atoms with E-state index in [0.29, 0.717) is 50.4 Å². The topological polar surface area (TPSA) is 126 Å². The second kappa shape index (κ2) is 10.4. The number of piperidine rings is 1.